The second-order valence-corrected chi connectivity index (χ2v) is 6.13. The van der Waals surface area contributed by atoms with E-state index in [1.165, 1.54) is 11.1 Å². The molecule has 1 fully saturated rings. The van der Waals surface area contributed by atoms with Crippen LogP contribution in [0.4, 0.5) is 0 Å². The van der Waals surface area contributed by atoms with Gasteiger partial charge in [-0.2, -0.15) is 0 Å². The molecule has 1 aromatic rings. The number of benzene rings is 1. The van der Waals surface area contributed by atoms with Crippen molar-refractivity contribution in [1.29, 1.82) is 0 Å². The monoisotopic (exact) mass is 216 g/mol. The van der Waals surface area contributed by atoms with E-state index in [1.807, 2.05) is 0 Å². The van der Waals surface area contributed by atoms with Gasteiger partial charge in [0.25, 0.3) is 0 Å². The molecule has 0 N–H and O–H groups in total. The highest BCUT2D eigenvalue weighted by atomic mass is 16.5. The predicted octanol–water partition coefficient (Wildman–Crippen LogP) is 3.62. The Morgan fingerprint density at radius 3 is 2.31 bits per heavy atom. The van der Waals surface area contributed by atoms with E-state index in [4.69, 9.17) is 4.74 Å². The van der Waals surface area contributed by atoms with E-state index < -0.39 is 0 Å². The predicted molar refractivity (Wildman–Crippen MR) is 65.5 cm³/mol. The summed E-state index contributed by atoms with van der Waals surface area (Å²) >= 11 is 0. The second-order valence-electron chi connectivity index (χ2n) is 6.13. The van der Waals surface area contributed by atoms with Crippen molar-refractivity contribution >= 4 is 0 Å². The van der Waals surface area contributed by atoms with Gasteiger partial charge in [0.05, 0.1) is 5.60 Å². The minimum Gasteiger partial charge on any atom is -0.370 e. The molecule has 1 saturated heterocycles. The highest BCUT2D eigenvalue weighted by Crippen LogP contribution is 2.66. The number of hydrogen-bond acceptors (Lipinski definition) is 1. The highest BCUT2D eigenvalue weighted by Gasteiger charge is 2.64. The smallest absolute Gasteiger partial charge is 0.0968 e. The zero-order valence-electron chi connectivity index (χ0n) is 10.6. The van der Waals surface area contributed by atoms with E-state index in [0.29, 0.717) is 0 Å². The molecule has 0 amide bonds. The van der Waals surface area contributed by atoms with E-state index in [0.717, 1.165) is 13.0 Å². The lowest BCUT2D eigenvalue weighted by Gasteiger charge is -2.42. The van der Waals surface area contributed by atoms with Crippen molar-refractivity contribution < 1.29 is 4.74 Å². The molecule has 3 rings (SSSR count). The maximum atomic E-state index is 6.13. The molecule has 1 heteroatoms. The van der Waals surface area contributed by atoms with Crippen LogP contribution in [-0.4, -0.2) is 6.61 Å². The van der Waals surface area contributed by atoms with E-state index >= 15 is 0 Å². The van der Waals surface area contributed by atoms with Crippen molar-refractivity contribution in [3.63, 3.8) is 0 Å². The first-order valence-corrected chi connectivity index (χ1v) is 6.17. The largest absolute Gasteiger partial charge is 0.370 e. The normalized spacial score (nSPS) is 39.5. The van der Waals surface area contributed by atoms with Crippen LogP contribution in [-0.2, 0) is 15.8 Å². The molecule has 0 unspecified atom stereocenters. The third-order valence-corrected chi connectivity index (χ3v) is 5.54. The number of hydrogen-bond donors (Lipinski definition) is 0. The van der Waals surface area contributed by atoms with Gasteiger partial charge in [0, 0.05) is 12.0 Å². The molecule has 0 radical (unpaired) electrons. The molecule has 0 saturated carbocycles. The van der Waals surface area contributed by atoms with Gasteiger partial charge < -0.3 is 4.74 Å². The van der Waals surface area contributed by atoms with Crippen molar-refractivity contribution in [3.05, 3.63) is 35.4 Å². The third-order valence-electron chi connectivity index (χ3n) is 5.54. The first-order chi connectivity index (χ1) is 7.43. The topological polar surface area (TPSA) is 9.23 Å². The molecule has 0 aromatic heterocycles. The molecule has 1 nitrogen and oxygen atoms in total. The fourth-order valence-corrected chi connectivity index (χ4v) is 3.88. The molecular formula is C15H20O. The highest BCUT2D eigenvalue weighted by molar-refractivity contribution is 5.48. The summed E-state index contributed by atoms with van der Waals surface area (Å²) in [6.07, 6.45) is 1.16. The van der Waals surface area contributed by atoms with E-state index in [9.17, 15) is 0 Å². The summed E-state index contributed by atoms with van der Waals surface area (Å²) in [5.41, 5.74) is 3.21. The summed E-state index contributed by atoms with van der Waals surface area (Å²) in [6.45, 7) is 10.3. The lowest BCUT2D eigenvalue weighted by Crippen LogP contribution is -2.43. The van der Waals surface area contributed by atoms with Crippen LogP contribution in [0, 0.1) is 5.41 Å². The fraction of sp³-hybridized carbons (Fsp3) is 0.600. The van der Waals surface area contributed by atoms with E-state index in [2.05, 4.69) is 52.0 Å². The molecule has 16 heavy (non-hydrogen) atoms. The SMILES string of the molecule is CC1(C)c2ccccc2[C@]2(C)OCC[C@]12C. The number of rotatable bonds is 0. The molecule has 86 valence electrons. The van der Waals surface area contributed by atoms with E-state index in [1.54, 1.807) is 0 Å². The lowest BCUT2D eigenvalue weighted by atomic mass is 9.62. The first-order valence-electron chi connectivity index (χ1n) is 6.17. The Hall–Kier alpha value is -0.820. The molecule has 1 aromatic carbocycles. The fourth-order valence-electron chi connectivity index (χ4n) is 3.88. The quantitative estimate of drug-likeness (QED) is 0.643. The Morgan fingerprint density at radius 1 is 1.00 bits per heavy atom. The molecule has 2 aliphatic rings. The molecule has 2 atom stereocenters. The molecule has 1 aliphatic carbocycles. The standard InChI is InChI=1S/C15H20O/c1-13(2)11-7-5-6-8-12(11)15(4)14(13,3)9-10-16-15/h5-8H,9-10H2,1-4H3/t14-,15+/m1/s1. The Kier molecular flexibility index (Phi) is 1.75. The molecular weight excluding hydrogens is 196 g/mol. The Balaban J connectivity index is 2.34. The van der Waals surface area contributed by atoms with Gasteiger partial charge in [-0.15, -0.1) is 0 Å². The van der Waals surface area contributed by atoms with E-state index in [-0.39, 0.29) is 16.4 Å². The summed E-state index contributed by atoms with van der Waals surface area (Å²) in [4.78, 5) is 0. The van der Waals surface area contributed by atoms with Gasteiger partial charge in [-0.3, -0.25) is 0 Å². The molecule has 1 heterocycles. The van der Waals surface area contributed by atoms with Gasteiger partial charge in [0.15, 0.2) is 0 Å². The van der Waals surface area contributed by atoms with Crippen LogP contribution in [0.5, 0.6) is 0 Å². The minimum atomic E-state index is -0.0902. The van der Waals surface area contributed by atoms with Crippen LogP contribution in [0.3, 0.4) is 0 Å². The summed E-state index contributed by atoms with van der Waals surface area (Å²) in [6, 6.07) is 8.79. The van der Waals surface area contributed by atoms with Crippen molar-refractivity contribution in [2.75, 3.05) is 6.61 Å². The van der Waals surface area contributed by atoms with Gasteiger partial charge in [0.1, 0.15) is 0 Å². The summed E-state index contributed by atoms with van der Waals surface area (Å²) in [5, 5.41) is 0. The average molecular weight is 216 g/mol. The van der Waals surface area contributed by atoms with Gasteiger partial charge >= 0.3 is 0 Å². The Labute approximate surface area is 97.8 Å². The average Bonchev–Trinajstić information content (AvgIpc) is 2.63. The third kappa shape index (κ3) is 0.842. The van der Waals surface area contributed by atoms with Crippen LogP contribution in [0.15, 0.2) is 24.3 Å². The Bertz CT molecular complexity index is 449. The Morgan fingerprint density at radius 2 is 1.62 bits per heavy atom. The minimum absolute atomic E-state index is 0.0902. The van der Waals surface area contributed by atoms with Crippen LogP contribution in [0.2, 0.25) is 0 Å². The lowest BCUT2D eigenvalue weighted by molar-refractivity contribution is -0.0568. The second kappa shape index (κ2) is 2.70. The summed E-state index contributed by atoms with van der Waals surface area (Å²) < 4.78 is 6.13. The van der Waals surface area contributed by atoms with Gasteiger partial charge in [-0.25, -0.2) is 0 Å². The van der Waals surface area contributed by atoms with Crippen LogP contribution in [0.1, 0.15) is 45.2 Å². The molecule has 1 aliphatic heterocycles. The maximum absolute atomic E-state index is 6.13. The first kappa shape index (κ1) is 10.3. The van der Waals surface area contributed by atoms with Crippen molar-refractivity contribution in [2.24, 2.45) is 5.41 Å². The van der Waals surface area contributed by atoms with Crippen molar-refractivity contribution in [2.45, 2.75) is 45.1 Å². The zero-order valence-corrected chi connectivity index (χ0v) is 10.6. The van der Waals surface area contributed by atoms with Crippen LogP contribution in [0.25, 0.3) is 0 Å². The van der Waals surface area contributed by atoms with Crippen molar-refractivity contribution in [3.8, 4) is 0 Å². The number of fused-ring (bicyclic) bond motifs is 3. The van der Waals surface area contributed by atoms with Crippen LogP contribution >= 0.6 is 0 Å². The summed E-state index contributed by atoms with van der Waals surface area (Å²) in [5.74, 6) is 0. The zero-order chi connectivity index (χ0) is 11.6. The molecule has 0 bridgehead atoms. The summed E-state index contributed by atoms with van der Waals surface area (Å²) in [7, 11) is 0. The van der Waals surface area contributed by atoms with Crippen LogP contribution < -0.4 is 0 Å². The van der Waals surface area contributed by atoms with Gasteiger partial charge in [0.2, 0.25) is 0 Å². The van der Waals surface area contributed by atoms with Crippen molar-refractivity contribution in [1.82, 2.24) is 0 Å². The molecule has 0 spiro atoms. The number of ether oxygens (including phenoxy) is 1. The maximum Gasteiger partial charge on any atom is 0.0968 e. The van der Waals surface area contributed by atoms with Gasteiger partial charge in [-0.1, -0.05) is 45.0 Å². The van der Waals surface area contributed by atoms with Gasteiger partial charge in [-0.05, 0) is 29.9 Å².